The Morgan fingerprint density at radius 3 is 2.80 bits per heavy atom. The number of fused-ring (bicyclic) bond motifs is 3. The highest BCUT2D eigenvalue weighted by Crippen LogP contribution is 2.38. The Morgan fingerprint density at radius 1 is 1.03 bits per heavy atom. The van der Waals surface area contributed by atoms with E-state index in [4.69, 9.17) is 23.6 Å². The molecule has 0 radical (unpaired) electrons. The van der Waals surface area contributed by atoms with Crippen molar-refractivity contribution in [2.75, 3.05) is 18.7 Å². The number of allylic oxidation sites excluding steroid dienone is 1. The van der Waals surface area contributed by atoms with Crippen LogP contribution in [0.2, 0.25) is 0 Å². The molecule has 1 N–H and O–H groups in total. The molecule has 2 aromatic carbocycles. The number of pyridine rings is 1. The molecule has 174 valence electrons. The Hall–Kier alpha value is -4.59. The number of anilines is 1. The predicted molar refractivity (Wildman–Crippen MR) is 128 cm³/mol. The summed E-state index contributed by atoms with van der Waals surface area (Å²) in [7, 11) is 0. The minimum absolute atomic E-state index is 0.146. The van der Waals surface area contributed by atoms with Gasteiger partial charge in [-0.15, -0.1) is 0 Å². The van der Waals surface area contributed by atoms with Crippen LogP contribution in [0.1, 0.15) is 33.8 Å². The van der Waals surface area contributed by atoms with Gasteiger partial charge < -0.3 is 23.9 Å². The molecule has 8 nitrogen and oxygen atoms in total. The molecule has 8 heteroatoms. The number of carbonyl (C=O) groups excluding carboxylic acids is 2. The molecule has 1 amide bonds. The SMILES string of the molecule is O=C(COC(=O)c1c2c(nc3ccccc13)/C(=C\c1ccco1)CC2)Nc1ccc2c(c1)OCO2. The van der Waals surface area contributed by atoms with Crippen molar-refractivity contribution in [1.82, 2.24) is 4.98 Å². The van der Waals surface area contributed by atoms with Gasteiger partial charge in [-0.25, -0.2) is 9.78 Å². The van der Waals surface area contributed by atoms with Crippen molar-refractivity contribution in [2.45, 2.75) is 12.8 Å². The summed E-state index contributed by atoms with van der Waals surface area (Å²) in [5.41, 5.74) is 4.24. The number of nitrogens with one attached hydrogen (secondary N) is 1. The molecule has 3 heterocycles. The minimum Gasteiger partial charge on any atom is -0.465 e. The monoisotopic (exact) mass is 468 g/mol. The van der Waals surface area contributed by atoms with E-state index in [1.165, 1.54) is 0 Å². The highest BCUT2D eigenvalue weighted by Gasteiger charge is 2.28. The number of amides is 1. The van der Waals surface area contributed by atoms with Crippen molar-refractivity contribution in [1.29, 1.82) is 0 Å². The van der Waals surface area contributed by atoms with Crippen LogP contribution in [0.4, 0.5) is 5.69 Å². The summed E-state index contributed by atoms with van der Waals surface area (Å²) in [5, 5.41) is 3.42. The van der Waals surface area contributed by atoms with E-state index in [2.05, 4.69) is 5.32 Å². The van der Waals surface area contributed by atoms with Gasteiger partial charge in [-0.3, -0.25) is 4.79 Å². The molecule has 35 heavy (non-hydrogen) atoms. The second kappa shape index (κ2) is 8.64. The number of para-hydroxylation sites is 1. The molecule has 2 aliphatic rings. The molecule has 1 aliphatic carbocycles. The number of carbonyl (C=O) groups is 2. The lowest BCUT2D eigenvalue weighted by atomic mass is 10.0. The molecule has 0 saturated carbocycles. The lowest BCUT2D eigenvalue weighted by Gasteiger charge is -2.12. The Bertz CT molecular complexity index is 1490. The van der Waals surface area contributed by atoms with E-state index in [1.54, 1.807) is 24.5 Å². The molecule has 0 unspecified atom stereocenters. The van der Waals surface area contributed by atoms with E-state index < -0.39 is 18.5 Å². The molecular formula is C27H20N2O6. The fourth-order valence-corrected chi connectivity index (χ4v) is 4.43. The van der Waals surface area contributed by atoms with Crippen LogP contribution in [0.3, 0.4) is 0 Å². The molecular weight excluding hydrogens is 448 g/mol. The van der Waals surface area contributed by atoms with Gasteiger partial charge in [-0.2, -0.15) is 0 Å². The largest absolute Gasteiger partial charge is 0.465 e. The fraction of sp³-hybridized carbons (Fsp3) is 0.148. The first kappa shape index (κ1) is 21.0. The van der Waals surface area contributed by atoms with Crippen LogP contribution in [0, 0.1) is 0 Å². The van der Waals surface area contributed by atoms with E-state index >= 15 is 0 Å². The van der Waals surface area contributed by atoms with Gasteiger partial charge in [0.1, 0.15) is 5.76 Å². The van der Waals surface area contributed by atoms with E-state index in [0.29, 0.717) is 40.1 Å². The van der Waals surface area contributed by atoms with Gasteiger partial charge in [-0.1, -0.05) is 18.2 Å². The predicted octanol–water partition coefficient (Wildman–Crippen LogP) is 4.84. The minimum atomic E-state index is -0.556. The zero-order chi connectivity index (χ0) is 23.8. The second-order valence-electron chi connectivity index (χ2n) is 8.21. The van der Waals surface area contributed by atoms with Gasteiger partial charge >= 0.3 is 5.97 Å². The van der Waals surface area contributed by atoms with Crippen molar-refractivity contribution in [2.24, 2.45) is 0 Å². The van der Waals surface area contributed by atoms with Gasteiger partial charge in [0.25, 0.3) is 5.91 Å². The third kappa shape index (κ3) is 3.99. The lowest BCUT2D eigenvalue weighted by molar-refractivity contribution is -0.119. The molecule has 2 aromatic heterocycles. The highest BCUT2D eigenvalue weighted by atomic mass is 16.7. The number of benzene rings is 2. The average molecular weight is 468 g/mol. The van der Waals surface area contributed by atoms with Gasteiger partial charge in [0.05, 0.1) is 23.0 Å². The molecule has 4 aromatic rings. The van der Waals surface area contributed by atoms with Crippen LogP contribution in [0.25, 0.3) is 22.6 Å². The third-order valence-corrected chi connectivity index (χ3v) is 6.00. The van der Waals surface area contributed by atoms with Crippen LogP contribution < -0.4 is 14.8 Å². The first-order chi connectivity index (χ1) is 17.2. The van der Waals surface area contributed by atoms with E-state index in [1.807, 2.05) is 42.5 Å². The smallest absolute Gasteiger partial charge is 0.339 e. The van der Waals surface area contributed by atoms with Crippen LogP contribution in [0.15, 0.2) is 65.3 Å². The summed E-state index contributed by atoms with van der Waals surface area (Å²) in [4.78, 5) is 30.6. The van der Waals surface area contributed by atoms with Gasteiger partial charge in [-0.05, 0) is 60.4 Å². The van der Waals surface area contributed by atoms with Gasteiger partial charge in [0.2, 0.25) is 6.79 Å². The molecule has 0 bridgehead atoms. The van der Waals surface area contributed by atoms with E-state index in [0.717, 1.165) is 29.0 Å². The average Bonchev–Trinajstić information content (AvgIpc) is 3.63. The lowest BCUT2D eigenvalue weighted by Crippen LogP contribution is -2.21. The van der Waals surface area contributed by atoms with Crippen LogP contribution in [0.5, 0.6) is 11.5 Å². The summed E-state index contributed by atoms with van der Waals surface area (Å²) in [6, 6.07) is 16.2. The van der Waals surface area contributed by atoms with Crippen LogP contribution >= 0.6 is 0 Å². The third-order valence-electron chi connectivity index (χ3n) is 6.00. The zero-order valence-corrected chi connectivity index (χ0v) is 18.6. The quantitative estimate of drug-likeness (QED) is 0.419. The number of furan rings is 1. The number of hydrogen-bond donors (Lipinski definition) is 1. The number of esters is 1. The Kier molecular flexibility index (Phi) is 5.18. The maximum atomic E-state index is 13.2. The van der Waals surface area contributed by atoms with E-state index in [-0.39, 0.29) is 6.79 Å². The summed E-state index contributed by atoms with van der Waals surface area (Å²) in [6.07, 6.45) is 4.94. The fourth-order valence-electron chi connectivity index (χ4n) is 4.43. The van der Waals surface area contributed by atoms with Gasteiger partial charge in [0.15, 0.2) is 18.1 Å². The Balaban J connectivity index is 1.25. The van der Waals surface area contributed by atoms with Crippen LogP contribution in [-0.4, -0.2) is 30.3 Å². The Morgan fingerprint density at radius 2 is 1.91 bits per heavy atom. The number of nitrogens with zero attached hydrogens (tertiary/aromatic N) is 1. The Labute approximate surface area is 200 Å². The number of rotatable bonds is 5. The number of aromatic nitrogens is 1. The first-order valence-electron chi connectivity index (χ1n) is 11.2. The highest BCUT2D eigenvalue weighted by molar-refractivity contribution is 6.08. The maximum Gasteiger partial charge on any atom is 0.339 e. The van der Waals surface area contributed by atoms with Crippen molar-refractivity contribution in [3.8, 4) is 11.5 Å². The summed E-state index contributed by atoms with van der Waals surface area (Å²) < 4.78 is 21.5. The van der Waals surface area contributed by atoms with Crippen molar-refractivity contribution in [3.05, 3.63) is 83.4 Å². The molecule has 0 fully saturated rings. The topological polar surface area (TPSA) is 99.9 Å². The molecule has 6 rings (SSSR count). The normalized spacial score (nSPS) is 14.8. The zero-order valence-electron chi connectivity index (χ0n) is 18.6. The van der Waals surface area contributed by atoms with Crippen LogP contribution in [-0.2, 0) is 16.0 Å². The maximum absolute atomic E-state index is 13.2. The summed E-state index contributed by atoms with van der Waals surface area (Å²) >= 11 is 0. The van der Waals surface area contributed by atoms with Crippen molar-refractivity contribution < 1.29 is 28.2 Å². The second-order valence-corrected chi connectivity index (χ2v) is 8.21. The molecule has 0 spiro atoms. The molecule has 1 aliphatic heterocycles. The van der Waals surface area contributed by atoms with Crippen molar-refractivity contribution in [3.63, 3.8) is 0 Å². The number of ether oxygens (including phenoxy) is 3. The summed E-state index contributed by atoms with van der Waals surface area (Å²) in [6.45, 7) is -0.277. The molecule has 0 atom stereocenters. The number of hydrogen-bond acceptors (Lipinski definition) is 7. The summed E-state index contributed by atoms with van der Waals surface area (Å²) in [5.74, 6) is 0.892. The van der Waals surface area contributed by atoms with E-state index in [9.17, 15) is 9.59 Å². The van der Waals surface area contributed by atoms with Gasteiger partial charge in [0, 0.05) is 17.1 Å². The standard InChI is InChI=1S/C27H20N2O6/c30-24(28-17-8-10-22-23(13-17)35-15-34-22)14-33-27(31)25-19-5-1-2-6-21(19)29-26-16(7-9-20(25)26)12-18-4-3-11-32-18/h1-6,8,10-13H,7,9,14-15H2,(H,28,30)/b16-12-. The van der Waals surface area contributed by atoms with Crippen molar-refractivity contribution >= 4 is 40.1 Å². The first-order valence-corrected chi connectivity index (χ1v) is 11.2. The molecule has 0 saturated heterocycles.